The molecule has 0 spiro atoms. The molecule has 1 saturated heterocycles. The molecule has 1 heterocycles. The van der Waals surface area contributed by atoms with Crippen LogP contribution in [0.2, 0.25) is 0 Å². The molecule has 6 nitrogen and oxygen atoms in total. The lowest BCUT2D eigenvalue weighted by Gasteiger charge is -2.32. The van der Waals surface area contributed by atoms with Gasteiger partial charge in [0.05, 0.1) is 10.6 Å². The van der Waals surface area contributed by atoms with Crippen molar-refractivity contribution >= 4 is 39.8 Å². The number of hydrogen-bond acceptors (Lipinski definition) is 4. The lowest BCUT2D eigenvalue weighted by atomic mass is 9.87. The quantitative estimate of drug-likeness (QED) is 0.237. The Labute approximate surface area is 199 Å². The fourth-order valence-corrected chi connectivity index (χ4v) is 4.57. The molecule has 2 rings (SSSR count). The minimum Gasteiger partial charge on any atom is -0.355 e. The van der Waals surface area contributed by atoms with Crippen molar-refractivity contribution < 1.29 is 8.42 Å². The zero-order valence-electron chi connectivity index (χ0n) is 18.6. The van der Waals surface area contributed by atoms with Crippen molar-refractivity contribution in [2.45, 2.75) is 50.0 Å². The van der Waals surface area contributed by atoms with Crippen molar-refractivity contribution in [2.24, 2.45) is 4.99 Å². The zero-order valence-corrected chi connectivity index (χ0v) is 21.8. The van der Waals surface area contributed by atoms with Crippen LogP contribution in [0.3, 0.4) is 0 Å². The highest BCUT2D eigenvalue weighted by molar-refractivity contribution is 14.0. The van der Waals surface area contributed by atoms with Crippen LogP contribution in [0.4, 0.5) is 0 Å². The third kappa shape index (κ3) is 8.19. The van der Waals surface area contributed by atoms with Crippen LogP contribution < -0.4 is 10.6 Å². The Morgan fingerprint density at radius 2 is 1.83 bits per heavy atom. The van der Waals surface area contributed by atoms with Crippen LogP contribution in [0.1, 0.15) is 39.2 Å². The van der Waals surface area contributed by atoms with Crippen LogP contribution >= 0.6 is 24.0 Å². The Morgan fingerprint density at radius 3 is 2.33 bits per heavy atom. The van der Waals surface area contributed by atoms with E-state index in [0.717, 1.165) is 38.0 Å². The zero-order chi connectivity index (χ0) is 21.5. The van der Waals surface area contributed by atoms with E-state index in [1.54, 1.807) is 19.2 Å². The van der Waals surface area contributed by atoms with Crippen molar-refractivity contribution in [1.29, 1.82) is 0 Å². The summed E-state index contributed by atoms with van der Waals surface area (Å²) < 4.78 is 25.3. The molecule has 1 fully saturated rings. The highest BCUT2D eigenvalue weighted by Gasteiger charge is 2.20. The van der Waals surface area contributed by atoms with Gasteiger partial charge in [-0.1, -0.05) is 39.0 Å². The summed E-state index contributed by atoms with van der Waals surface area (Å²) in [5.74, 6) is 0.686. The van der Waals surface area contributed by atoms with Crippen molar-refractivity contribution in [1.82, 2.24) is 15.5 Å². The van der Waals surface area contributed by atoms with Gasteiger partial charge in [-0.05, 0) is 36.0 Å². The van der Waals surface area contributed by atoms with Crippen LogP contribution in [-0.2, 0) is 15.3 Å². The van der Waals surface area contributed by atoms with Crippen LogP contribution in [0, 0.1) is 0 Å². The van der Waals surface area contributed by atoms with E-state index in [-0.39, 0.29) is 35.1 Å². The van der Waals surface area contributed by atoms with E-state index in [1.165, 1.54) is 0 Å². The molecule has 0 aliphatic carbocycles. The number of guanidine groups is 1. The first kappa shape index (κ1) is 26.9. The Balaban J connectivity index is 0.00000450. The van der Waals surface area contributed by atoms with Gasteiger partial charge >= 0.3 is 0 Å². The number of halogens is 1. The Morgan fingerprint density at radius 1 is 1.23 bits per heavy atom. The summed E-state index contributed by atoms with van der Waals surface area (Å²) in [5.41, 5.74) is 1.13. The monoisotopic (exact) mass is 548 g/mol. The largest absolute Gasteiger partial charge is 0.355 e. The van der Waals surface area contributed by atoms with E-state index in [2.05, 4.69) is 47.9 Å². The van der Waals surface area contributed by atoms with Crippen molar-refractivity contribution in [3.8, 4) is 0 Å². The first-order chi connectivity index (χ1) is 13.7. The summed E-state index contributed by atoms with van der Waals surface area (Å²) in [6, 6.07) is 7.57. The van der Waals surface area contributed by atoms with Crippen molar-refractivity contribution in [2.75, 3.05) is 39.0 Å². The minimum absolute atomic E-state index is 0. The summed E-state index contributed by atoms with van der Waals surface area (Å²) in [7, 11) is -1.62. The van der Waals surface area contributed by atoms with Gasteiger partial charge in [0.2, 0.25) is 0 Å². The molecular weight excluding hydrogens is 511 g/mol. The summed E-state index contributed by atoms with van der Waals surface area (Å²) in [6.07, 6.45) is 4.01. The summed E-state index contributed by atoms with van der Waals surface area (Å²) in [4.78, 5) is 6.98. The number of hydrogen-bond donors (Lipinski definition) is 2. The molecule has 1 aromatic carbocycles. The van der Waals surface area contributed by atoms with Crippen LogP contribution in [0.5, 0.6) is 0 Å². The van der Waals surface area contributed by atoms with Gasteiger partial charge in [-0.3, -0.25) is 9.89 Å². The standard InChI is InChI=1S/C22H36N4O2S.HI/c1-6-14-26-15-11-19(12-16-26)25-21(23-5)24-13-17-29(27,28)20-9-7-18(8-10-20)22(2,3)4;/h6-10,19H,1,11-17H2,2-5H3,(H2,23,24,25);1H. The molecule has 0 bridgehead atoms. The molecule has 0 aromatic heterocycles. The number of sulfone groups is 1. The molecule has 0 saturated carbocycles. The molecule has 170 valence electrons. The summed E-state index contributed by atoms with van der Waals surface area (Å²) in [6.45, 7) is 13.4. The molecule has 1 aliphatic heterocycles. The number of nitrogens with one attached hydrogen (secondary N) is 2. The lowest BCUT2D eigenvalue weighted by Crippen LogP contribution is -2.49. The molecule has 0 amide bonds. The molecule has 2 N–H and O–H groups in total. The number of benzene rings is 1. The van der Waals surface area contributed by atoms with Gasteiger partial charge in [0, 0.05) is 39.3 Å². The maximum absolute atomic E-state index is 12.6. The second kappa shape index (κ2) is 12.0. The molecule has 0 unspecified atom stereocenters. The predicted octanol–water partition coefficient (Wildman–Crippen LogP) is 3.19. The van der Waals surface area contributed by atoms with E-state index >= 15 is 0 Å². The van der Waals surface area contributed by atoms with Crippen molar-refractivity contribution in [3.63, 3.8) is 0 Å². The normalized spacial score (nSPS) is 16.6. The van der Waals surface area contributed by atoms with Gasteiger partial charge in [0.15, 0.2) is 15.8 Å². The molecule has 30 heavy (non-hydrogen) atoms. The molecule has 0 radical (unpaired) electrons. The van der Waals surface area contributed by atoms with E-state index in [9.17, 15) is 8.42 Å². The Kier molecular flexibility index (Phi) is 10.8. The fraction of sp³-hybridized carbons (Fsp3) is 0.591. The van der Waals surface area contributed by atoms with Gasteiger partial charge < -0.3 is 10.6 Å². The summed E-state index contributed by atoms with van der Waals surface area (Å²) >= 11 is 0. The number of piperidine rings is 1. The van der Waals surface area contributed by atoms with Crippen LogP contribution in [-0.4, -0.2) is 64.3 Å². The van der Waals surface area contributed by atoms with Gasteiger partial charge in [-0.25, -0.2) is 8.42 Å². The van der Waals surface area contributed by atoms with Crippen LogP contribution in [0.25, 0.3) is 0 Å². The highest BCUT2D eigenvalue weighted by Crippen LogP contribution is 2.23. The third-order valence-corrected chi connectivity index (χ3v) is 7.01. The molecule has 0 atom stereocenters. The van der Waals surface area contributed by atoms with Gasteiger partial charge in [-0.2, -0.15) is 0 Å². The average Bonchev–Trinajstić information content (AvgIpc) is 2.68. The minimum atomic E-state index is -3.33. The maximum Gasteiger partial charge on any atom is 0.191 e. The first-order valence-corrected chi connectivity index (χ1v) is 11.9. The maximum atomic E-state index is 12.6. The number of likely N-dealkylation sites (tertiary alicyclic amines) is 1. The Bertz CT molecular complexity index is 793. The second-order valence-corrected chi connectivity index (χ2v) is 10.7. The van der Waals surface area contributed by atoms with Gasteiger partial charge in [-0.15, -0.1) is 30.6 Å². The van der Waals surface area contributed by atoms with Crippen molar-refractivity contribution in [3.05, 3.63) is 42.5 Å². The lowest BCUT2D eigenvalue weighted by molar-refractivity contribution is 0.225. The molecule has 1 aliphatic rings. The number of nitrogens with zero attached hydrogens (tertiary/aromatic N) is 2. The first-order valence-electron chi connectivity index (χ1n) is 10.3. The molecule has 1 aromatic rings. The topological polar surface area (TPSA) is 73.8 Å². The molecule has 8 heteroatoms. The van der Waals surface area contributed by atoms with E-state index in [4.69, 9.17) is 0 Å². The van der Waals surface area contributed by atoms with E-state index < -0.39 is 9.84 Å². The third-order valence-electron chi connectivity index (χ3n) is 5.28. The fourth-order valence-electron chi connectivity index (χ4n) is 3.41. The summed E-state index contributed by atoms with van der Waals surface area (Å²) in [5, 5.41) is 6.55. The highest BCUT2D eigenvalue weighted by atomic mass is 127. The van der Waals surface area contributed by atoms with Crippen LogP contribution in [0.15, 0.2) is 46.8 Å². The number of aliphatic imine (C=N–C) groups is 1. The SMILES string of the molecule is C=CCN1CCC(NC(=NC)NCCS(=O)(=O)c2ccc(C(C)(C)C)cc2)CC1.I. The van der Waals surface area contributed by atoms with E-state index in [1.807, 2.05) is 18.2 Å². The van der Waals surface area contributed by atoms with Gasteiger partial charge in [0.1, 0.15) is 0 Å². The second-order valence-electron chi connectivity index (χ2n) is 8.60. The number of rotatable bonds is 7. The molecular formula is C22H37IN4O2S. The Hall–Kier alpha value is -1.13. The predicted molar refractivity (Wildman–Crippen MR) is 137 cm³/mol. The average molecular weight is 549 g/mol. The van der Waals surface area contributed by atoms with E-state index in [0.29, 0.717) is 23.4 Å². The smallest absolute Gasteiger partial charge is 0.191 e. The van der Waals surface area contributed by atoms with Gasteiger partial charge in [0.25, 0.3) is 0 Å².